The van der Waals surface area contributed by atoms with Gasteiger partial charge in [-0.3, -0.25) is 4.98 Å². The minimum Gasteiger partial charge on any atom is -0.486 e. The van der Waals surface area contributed by atoms with Gasteiger partial charge in [0.25, 0.3) is 0 Å². The molecule has 21 heavy (non-hydrogen) atoms. The number of ether oxygens (including phenoxy) is 2. The second-order valence-corrected chi connectivity index (χ2v) is 5.64. The number of nitrogens with one attached hydrogen (secondary N) is 1. The number of benzene rings is 1. The van der Waals surface area contributed by atoms with Crippen LogP contribution in [0.1, 0.15) is 24.1 Å². The third-order valence-corrected chi connectivity index (χ3v) is 4.11. The Labute approximate surface area is 132 Å². The molecule has 4 nitrogen and oxygen atoms in total. The van der Waals surface area contributed by atoms with E-state index in [1.54, 1.807) is 0 Å². The molecule has 3 rings (SSSR count). The Kier molecular flexibility index (Phi) is 4.41. The Morgan fingerprint density at radius 2 is 1.86 bits per heavy atom. The number of aromatic nitrogens is 1. The Bertz CT molecular complexity index is 619. The third-order valence-electron chi connectivity index (χ3n) is 3.42. The van der Waals surface area contributed by atoms with Crippen molar-refractivity contribution in [3.05, 3.63) is 52.3 Å². The highest BCUT2D eigenvalue weighted by atomic mass is 79.9. The first kappa shape index (κ1) is 14.4. The van der Waals surface area contributed by atoms with E-state index in [2.05, 4.69) is 33.2 Å². The first-order valence-electron chi connectivity index (χ1n) is 7.02. The van der Waals surface area contributed by atoms with Crippen LogP contribution in [0, 0.1) is 0 Å². The highest BCUT2D eigenvalue weighted by Gasteiger charge is 2.21. The van der Waals surface area contributed by atoms with E-state index in [0.29, 0.717) is 13.2 Å². The summed E-state index contributed by atoms with van der Waals surface area (Å²) in [4.78, 5) is 4.09. The quantitative estimate of drug-likeness (QED) is 0.920. The number of rotatable bonds is 4. The standard InChI is InChI=1S/C16H17BrN2O2/c1-2-19-16(11-3-5-18-6-4-11)12-9-14-15(10-13(12)17)21-8-7-20-14/h3-6,9-10,16,19H,2,7-8H2,1H3. The summed E-state index contributed by atoms with van der Waals surface area (Å²) in [7, 11) is 0. The van der Waals surface area contributed by atoms with Crippen LogP contribution in [0.4, 0.5) is 0 Å². The molecule has 0 saturated carbocycles. The molecule has 1 atom stereocenters. The van der Waals surface area contributed by atoms with Crippen LogP contribution in [0.2, 0.25) is 0 Å². The Hall–Kier alpha value is -1.59. The molecule has 1 unspecified atom stereocenters. The predicted molar refractivity (Wildman–Crippen MR) is 84.9 cm³/mol. The zero-order chi connectivity index (χ0) is 14.7. The average Bonchev–Trinajstić information content (AvgIpc) is 2.53. The van der Waals surface area contributed by atoms with Gasteiger partial charge in [0.2, 0.25) is 0 Å². The van der Waals surface area contributed by atoms with Crippen LogP contribution in [0.3, 0.4) is 0 Å². The minimum absolute atomic E-state index is 0.0863. The zero-order valence-electron chi connectivity index (χ0n) is 11.8. The lowest BCUT2D eigenvalue weighted by atomic mass is 9.99. The van der Waals surface area contributed by atoms with E-state index in [1.165, 1.54) is 5.56 Å². The van der Waals surface area contributed by atoms with Crippen LogP contribution >= 0.6 is 15.9 Å². The van der Waals surface area contributed by atoms with Gasteiger partial charge in [0, 0.05) is 16.9 Å². The second kappa shape index (κ2) is 6.45. The maximum atomic E-state index is 5.70. The average molecular weight is 349 g/mol. The van der Waals surface area contributed by atoms with Crippen LogP contribution in [0.25, 0.3) is 0 Å². The monoisotopic (exact) mass is 348 g/mol. The fourth-order valence-electron chi connectivity index (χ4n) is 2.47. The SMILES string of the molecule is CCNC(c1ccncc1)c1cc2c(cc1Br)OCCO2. The summed E-state index contributed by atoms with van der Waals surface area (Å²) in [5.41, 5.74) is 2.30. The van der Waals surface area contributed by atoms with Crippen molar-refractivity contribution in [1.29, 1.82) is 0 Å². The fraction of sp³-hybridized carbons (Fsp3) is 0.312. The zero-order valence-corrected chi connectivity index (χ0v) is 13.4. The molecule has 2 heterocycles. The molecule has 1 aliphatic heterocycles. The molecule has 0 bridgehead atoms. The Balaban J connectivity index is 2.03. The van der Waals surface area contributed by atoms with Gasteiger partial charge in [-0.1, -0.05) is 22.9 Å². The molecular weight excluding hydrogens is 332 g/mol. The molecule has 0 aliphatic carbocycles. The van der Waals surface area contributed by atoms with Crippen LogP contribution in [-0.2, 0) is 0 Å². The van der Waals surface area contributed by atoms with E-state index < -0.39 is 0 Å². The predicted octanol–water partition coefficient (Wildman–Crippen LogP) is 3.31. The number of hydrogen-bond donors (Lipinski definition) is 1. The smallest absolute Gasteiger partial charge is 0.162 e. The molecule has 0 amide bonds. The van der Waals surface area contributed by atoms with Crippen molar-refractivity contribution >= 4 is 15.9 Å². The fourth-order valence-corrected chi connectivity index (χ4v) is 3.02. The number of nitrogens with zero attached hydrogens (tertiary/aromatic N) is 1. The van der Waals surface area contributed by atoms with E-state index in [9.17, 15) is 0 Å². The van der Waals surface area contributed by atoms with Crippen molar-refractivity contribution < 1.29 is 9.47 Å². The molecule has 0 spiro atoms. The van der Waals surface area contributed by atoms with Gasteiger partial charge >= 0.3 is 0 Å². The molecular formula is C16H17BrN2O2. The second-order valence-electron chi connectivity index (χ2n) is 4.79. The molecule has 110 valence electrons. The molecule has 2 aromatic rings. The van der Waals surface area contributed by atoms with E-state index in [-0.39, 0.29) is 6.04 Å². The molecule has 0 saturated heterocycles. The number of pyridine rings is 1. The van der Waals surface area contributed by atoms with Crippen LogP contribution < -0.4 is 14.8 Å². The summed E-state index contributed by atoms with van der Waals surface area (Å²) in [6.07, 6.45) is 3.62. The maximum Gasteiger partial charge on any atom is 0.162 e. The minimum atomic E-state index is 0.0863. The topological polar surface area (TPSA) is 43.4 Å². The van der Waals surface area contributed by atoms with Gasteiger partial charge in [-0.15, -0.1) is 0 Å². The highest BCUT2D eigenvalue weighted by molar-refractivity contribution is 9.10. The molecule has 0 fully saturated rings. The van der Waals surface area contributed by atoms with Crippen molar-refractivity contribution in [2.24, 2.45) is 0 Å². The lowest BCUT2D eigenvalue weighted by molar-refractivity contribution is 0.171. The largest absolute Gasteiger partial charge is 0.486 e. The molecule has 0 radical (unpaired) electrons. The summed E-state index contributed by atoms with van der Waals surface area (Å²) in [5, 5.41) is 3.51. The van der Waals surface area contributed by atoms with Gasteiger partial charge in [0.1, 0.15) is 13.2 Å². The van der Waals surface area contributed by atoms with Crippen molar-refractivity contribution in [3.8, 4) is 11.5 Å². The third kappa shape index (κ3) is 3.04. The van der Waals surface area contributed by atoms with Gasteiger partial charge in [0.05, 0.1) is 6.04 Å². The maximum absolute atomic E-state index is 5.70. The van der Waals surface area contributed by atoms with Crippen molar-refractivity contribution in [3.63, 3.8) is 0 Å². The Morgan fingerprint density at radius 1 is 1.19 bits per heavy atom. The molecule has 1 N–H and O–H groups in total. The van der Waals surface area contributed by atoms with Crippen molar-refractivity contribution in [2.45, 2.75) is 13.0 Å². The highest BCUT2D eigenvalue weighted by Crippen LogP contribution is 2.39. The van der Waals surface area contributed by atoms with E-state index in [0.717, 1.165) is 28.1 Å². The summed E-state index contributed by atoms with van der Waals surface area (Å²) in [6.45, 7) is 4.16. The lowest BCUT2D eigenvalue weighted by Gasteiger charge is -2.24. The summed E-state index contributed by atoms with van der Waals surface area (Å²) < 4.78 is 12.3. The van der Waals surface area contributed by atoms with Gasteiger partial charge in [-0.25, -0.2) is 0 Å². The first-order chi connectivity index (χ1) is 10.3. The van der Waals surface area contributed by atoms with Crippen molar-refractivity contribution in [2.75, 3.05) is 19.8 Å². The number of halogens is 1. The molecule has 1 aromatic heterocycles. The van der Waals surface area contributed by atoms with Crippen LogP contribution in [-0.4, -0.2) is 24.7 Å². The van der Waals surface area contributed by atoms with E-state index in [1.807, 2.05) is 36.7 Å². The van der Waals surface area contributed by atoms with E-state index in [4.69, 9.17) is 9.47 Å². The summed E-state index contributed by atoms with van der Waals surface area (Å²) >= 11 is 3.65. The number of hydrogen-bond acceptors (Lipinski definition) is 4. The molecule has 1 aliphatic rings. The van der Waals surface area contributed by atoms with Crippen molar-refractivity contribution in [1.82, 2.24) is 10.3 Å². The molecule has 1 aromatic carbocycles. The summed E-state index contributed by atoms with van der Waals surface area (Å²) in [6, 6.07) is 8.16. The van der Waals surface area contributed by atoms with Crippen LogP contribution in [0.5, 0.6) is 11.5 Å². The summed E-state index contributed by atoms with van der Waals surface area (Å²) in [5.74, 6) is 1.60. The number of fused-ring (bicyclic) bond motifs is 1. The normalized spacial score (nSPS) is 14.8. The van der Waals surface area contributed by atoms with E-state index >= 15 is 0 Å². The lowest BCUT2D eigenvalue weighted by Crippen LogP contribution is -2.23. The Morgan fingerprint density at radius 3 is 2.52 bits per heavy atom. The van der Waals surface area contributed by atoms with Crippen LogP contribution in [0.15, 0.2) is 41.1 Å². The van der Waals surface area contributed by atoms with Gasteiger partial charge in [-0.2, -0.15) is 0 Å². The van der Waals surface area contributed by atoms with Gasteiger partial charge in [0.15, 0.2) is 11.5 Å². The van der Waals surface area contributed by atoms with Gasteiger partial charge in [-0.05, 0) is 41.9 Å². The molecule has 5 heteroatoms. The van der Waals surface area contributed by atoms with Gasteiger partial charge < -0.3 is 14.8 Å². The first-order valence-corrected chi connectivity index (χ1v) is 7.81.